The molecule has 1 amide bonds. The molecule has 1 aromatic carbocycles. The van der Waals surface area contributed by atoms with Crippen LogP contribution >= 0.6 is 0 Å². The van der Waals surface area contributed by atoms with Crippen LogP contribution in [0.25, 0.3) is 0 Å². The monoisotopic (exact) mass is 368 g/mol. The van der Waals surface area contributed by atoms with E-state index >= 15 is 0 Å². The lowest BCUT2D eigenvalue weighted by Gasteiger charge is -2.33. The van der Waals surface area contributed by atoms with Gasteiger partial charge >= 0.3 is 0 Å². The molecule has 0 atom stereocenters. The van der Waals surface area contributed by atoms with Crippen molar-refractivity contribution in [1.29, 1.82) is 0 Å². The smallest absolute Gasteiger partial charge is 0.229 e. The van der Waals surface area contributed by atoms with Gasteiger partial charge in [-0.3, -0.25) is 4.79 Å². The van der Waals surface area contributed by atoms with Crippen LogP contribution in [-0.2, 0) is 11.2 Å². The zero-order valence-electron chi connectivity index (χ0n) is 15.5. The van der Waals surface area contributed by atoms with Gasteiger partial charge in [0.1, 0.15) is 19.0 Å². The maximum atomic E-state index is 12.3. The van der Waals surface area contributed by atoms with E-state index in [0.717, 1.165) is 43.2 Å². The molecular formula is C20H24N4O3. The standard InChI is InChI=1S/C20H24N4O3/c1-23-6-8-24(9-7-23)16-3-5-19(21-14-16)22-20(25)13-15-2-4-17-18(12-15)27-11-10-26-17/h2-5,12,14H,6-11,13H2,1H3,(H,21,22,25). The van der Waals surface area contributed by atoms with E-state index < -0.39 is 0 Å². The van der Waals surface area contributed by atoms with Crippen molar-refractivity contribution in [3.8, 4) is 11.5 Å². The molecule has 0 saturated carbocycles. The number of rotatable bonds is 4. The number of likely N-dealkylation sites (N-methyl/N-ethyl adjacent to an activating group) is 1. The second kappa shape index (κ2) is 7.84. The number of benzene rings is 1. The number of carbonyl (C=O) groups is 1. The first-order chi connectivity index (χ1) is 13.2. The van der Waals surface area contributed by atoms with Gasteiger partial charge in [-0.2, -0.15) is 0 Å². The molecule has 7 nitrogen and oxygen atoms in total. The fourth-order valence-corrected chi connectivity index (χ4v) is 3.28. The minimum absolute atomic E-state index is 0.105. The summed E-state index contributed by atoms with van der Waals surface area (Å²) in [6.45, 7) is 5.18. The lowest BCUT2D eigenvalue weighted by atomic mass is 10.1. The summed E-state index contributed by atoms with van der Waals surface area (Å²) >= 11 is 0. The fourth-order valence-electron chi connectivity index (χ4n) is 3.28. The molecule has 2 aromatic rings. The Morgan fingerprint density at radius 2 is 1.85 bits per heavy atom. The first-order valence-electron chi connectivity index (χ1n) is 9.25. The summed E-state index contributed by atoms with van der Waals surface area (Å²) < 4.78 is 11.1. The Balaban J connectivity index is 1.34. The molecule has 2 aliphatic heterocycles. The van der Waals surface area contributed by atoms with Crippen LogP contribution in [0.4, 0.5) is 11.5 Å². The summed E-state index contributed by atoms with van der Waals surface area (Å²) in [6, 6.07) is 9.46. The lowest BCUT2D eigenvalue weighted by molar-refractivity contribution is -0.115. The van der Waals surface area contributed by atoms with Crippen LogP contribution in [0.3, 0.4) is 0 Å². The molecule has 4 rings (SSSR count). The largest absolute Gasteiger partial charge is 0.486 e. The van der Waals surface area contributed by atoms with Crippen LogP contribution in [0.2, 0.25) is 0 Å². The highest BCUT2D eigenvalue weighted by molar-refractivity contribution is 5.91. The number of nitrogens with one attached hydrogen (secondary N) is 1. The normalized spacial score (nSPS) is 16.9. The first kappa shape index (κ1) is 17.6. The van der Waals surface area contributed by atoms with Gasteiger partial charge in [0.2, 0.25) is 5.91 Å². The number of pyridine rings is 1. The first-order valence-corrected chi connectivity index (χ1v) is 9.25. The van der Waals surface area contributed by atoms with Crippen LogP contribution in [0.15, 0.2) is 36.5 Å². The maximum Gasteiger partial charge on any atom is 0.229 e. The van der Waals surface area contributed by atoms with Gasteiger partial charge in [0.05, 0.1) is 18.3 Å². The zero-order valence-corrected chi connectivity index (χ0v) is 15.5. The van der Waals surface area contributed by atoms with Gasteiger partial charge in [0, 0.05) is 26.2 Å². The molecule has 0 radical (unpaired) electrons. The van der Waals surface area contributed by atoms with Crippen LogP contribution in [0.1, 0.15) is 5.56 Å². The van der Waals surface area contributed by atoms with E-state index in [4.69, 9.17) is 9.47 Å². The third-order valence-corrected chi connectivity index (χ3v) is 4.86. The molecule has 1 N–H and O–H groups in total. The highest BCUT2D eigenvalue weighted by Crippen LogP contribution is 2.30. The van der Waals surface area contributed by atoms with Crippen molar-refractivity contribution >= 4 is 17.4 Å². The number of ether oxygens (including phenoxy) is 2. The molecule has 0 bridgehead atoms. The van der Waals surface area contributed by atoms with Crippen molar-refractivity contribution < 1.29 is 14.3 Å². The van der Waals surface area contributed by atoms with Crippen LogP contribution < -0.4 is 19.7 Å². The fraction of sp³-hybridized carbons (Fsp3) is 0.400. The number of piperazine rings is 1. The van der Waals surface area contributed by atoms with Gasteiger partial charge in [0.15, 0.2) is 11.5 Å². The lowest BCUT2D eigenvalue weighted by Crippen LogP contribution is -2.44. The highest BCUT2D eigenvalue weighted by atomic mass is 16.6. The van der Waals surface area contributed by atoms with E-state index in [1.54, 1.807) is 0 Å². The Hall–Kier alpha value is -2.80. The van der Waals surface area contributed by atoms with Crippen molar-refractivity contribution in [3.05, 3.63) is 42.1 Å². The van der Waals surface area contributed by atoms with Crippen LogP contribution in [0, 0.1) is 0 Å². The van der Waals surface area contributed by atoms with E-state index in [0.29, 0.717) is 24.8 Å². The Labute approximate surface area is 158 Å². The molecule has 0 spiro atoms. The Morgan fingerprint density at radius 1 is 1.07 bits per heavy atom. The van der Waals surface area contributed by atoms with Gasteiger partial charge < -0.3 is 24.6 Å². The van der Waals surface area contributed by atoms with E-state index in [1.807, 2.05) is 36.5 Å². The van der Waals surface area contributed by atoms with E-state index in [-0.39, 0.29) is 12.3 Å². The van der Waals surface area contributed by atoms with E-state index in [1.165, 1.54) is 0 Å². The summed E-state index contributed by atoms with van der Waals surface area (Å²) in [5.41, 5.74) is 1.97. The zero-order chi connectivity index (χ0) is 18.6. The van der Waals surface area contributed by atoms with E-state index in [9.17, 15) is 4.79 Å². The third kappa shape index (κ3) is 4.31. The van der Waals surface area contributed by atoms with Gasteiger partial charge in [-0.15, -0.1) is 0 Å². The Bertz CT molecular complexity index is 801. The molecule has 7 heteroatoms. The molecule has 3 heterocycles. The predicted molar refractivity (Wildman–Crippen MR) is 104 cm³/mol. The summed E-state index contributed by atoms with van der Waals surface area (Å²) in [4.78, 5) is 21.4. The van der Waals surface area contributed by atoms with Crippen molar-refractivity contribution in [2.24, 2.45) is 0 Å². The molecule has 1 aromatic heterocycles. The number of carbonyl (C=O) groups excluding carboxylic acids is 1. The highest BCUT2D eigenvalue weighted by Gasteiger charge is 2.15. The van der Waals surface area contributed by atoms with E-state index in [2.05, 4.69) is 27.1 Å². The number of aromatic nitrogens is 1. The summed E-state index contributed by atoms with van der Waals surface area (Å²) in [5, 5.41) is 2.86. The number of anilines is 2. The number of nitrogens with zero attached hydrogens (tertiary/aromatic N) is 3. The van der Waals surface area contributed by atoms with Crippen molar-refractivity contribution in [2.45, 2.75) is 6.42 Å². The predicted octanol–water partition coefficient (Wildman–Crippen LogP) is 1.79. The second-order valence-electron chi connectivity index (χ2n) is 6.89. The van der Waals surface area contributed by atoms with Crippen molar-refractivity contribution in [2.75, 3.05) is 56.7 Å². The molecule has 27 heavy (non-hydrogen) atoms. The van der Waals surface area contributed by atoms with Gasteiger partial charge in [-0.25, -0.2) is 4.98 Å². The average Bonchev–Trinajstić information content (AvgIpc) is 2.69. The van der Waals surface area contributed by atoms with Gasteiger partial charge in [-0.05, 0) is 36.9 Å². The number of fused-ring (bicyclic) bond motifs is 1. The number of amides is 1. The quantitative estimate of drug-likeness (QED) is 0.888. The average molecular weight is 368 g/mol. The molecule has 0 aliphatic carbocycles. The maximum absolute atomic E-state index is 12.3. The SMILES string of the molecule is CN1CCN(c2ccc(NC(=O)Cc3ccc4c(c3)OCCO4)nc2)CC1. The molecule has 1 saturated heterocycles. The van der Waals surface area contributed by atoms with Crippen molar-refractivity contribution in [1.82, 2.24) is 9.88 Å². The van der Waals surface area contributed by atoms with Crippen LogP contribution in [-0.4, -0.2) is 62.2 Å². The number of hydrogen-bond acceptors (Lipinski definition) is 6. The molecule has 0 unspecified atom stereocenters. The Morgan fingerprint density at radius 3 is 2.59 bits per heavy atom. The summed E-state index contributed by atoms with van der Waals surface area (Å²) in [5.74, 6) is 1.88. The molecule has 2 aliphatic rings. The topological polar surface area (TPSA) is 66.9 Å². The number of hydrogen-bond donors (Lipinski definition) is 1. The van der Waals surface area contributed by atoms with Gasteiger partial charge in [-0.1, -0.05) is 6.07 Å². The Kier molecular flexibility index (Phi) is 5.11. The molecule has 142 valence electrons. The van der Waals surface area contributed by atoms with Crippen molar-refractivity contribution in [3.63, 3.8) is 0 Å². The minimum Gasteiger partial charge on any atom is -0.486 e. The minimum atomic E-state index is -0.105. The third-order valence-electron chi connectivity index (χ3n) is 4.86. The van der Waals surface area contributed by atoms with Gasteiger partial charge in [0.25, 0.3) is 0 Å². The summed E-state index contributed by atoms with van der Waals surface area (Å²) in [7, 11) is 2.13. The molecule has 1 fully saturated rings. The van der Waals surface area contributed by atoms with Crippen LogP contribution in [0.5, 0.6) is 11.5 Å². The summed E-state index contributed by atoms with van der Waals surface area (Å²) in [6.07, 6.45) is 2.09. The second-order valence-corrected chi connectivity index (χ2v) is 6.89. The molecular weight excluding hydrogens is 344 g/mol.